The van der Waals surface area contributed by atoms with Crippen LogP contribution in [0.15, 0.2) is 16.9 Å². The van der Waals surface area contributed by atoms with Crippen molar-refractivity contribution >= 4 is 15.9 Å². The summed E-state index contributed by atoms with van der Waals surface area (Å²) < 4.78 is 9.31. The average Bonchev–Trinajstić information content (AvgIpc) is 2.91. The van der Waals surface area contributed by atoms with Gasteiger partial charge in [0.15, 0.2) is 0 Å². The highest BCUT2D eigenvalue weighted by molar-refractivity contribution is 9.10. The number of methoxy groups -OCH3 is 1. The summed E-state index contributed by atoms with van der Waals surface area (Å²) in [5, 5.41) is 18.9. The number of hydrogen-bond donors (Lipinski definition) is 1. The molecule has 1 atom stereocenters. The molecule has 0 saturated heterocycles. The Morgan fingerprint density at radius 1 is 1.42 bits per heavy atom. The second-order valence-electron chi connectivity index (χ2n) is 4.31. The molecule has 2 heterocycles. The Balaban J connectivity index is 2.35. The monoisotopic (exact) mass is 328 g/mol. The lowest BCUT2D eigenvalue weighted by atomic mass is 10.1. The molecule has 7 heteroatoms. The van der Waals surface area contributed by atoms with Crippen LogP contribution in [0.4, 0.5) is 0 Å². The highest BCUT2D eigenvalue weighted by Crippen LogP contribution is 2.29. The van der Waals surface area contributed by atoms with Crippen LogP contribution in [-0.2, 0) is 18.3 Å². The lowest BCUT2D eigenvalue weighted by Crippen LogP contribution is -2.14. The van der Waals surface area contributed by atoms with Gasteiger partial charge in [0, 0.05) is 25.4 Å². The van der Waals surface area contributed by atoms with Crippen molar-refractivity contribution in [2.45, 2.75) is 19.6 Å². The van der Waals surface area contributed by atoms with Gasteiger partial charge in [-0.15, -0.1) is 0 Å². The summed E-state index contributed by atoms with van der Waals surface area (Å²) in [6, 6.07) is 0. The second-order valence-corrected chi connectivity index (χ2v) is 5.16. The van der Waals surface area contributed by atoms with Crippen molar-refractivity contribution in [3.05, 3.63) is 33.8 Å². The summed E-state index contributed by atoms with van der Waals surface area (Å²) in [6.07, 6.45) is 2.60. The van der Waals surface area contributed by atoms with Crippen molar-refractivity contribution in [1.82, 2.24) is 19.6 Å². The number of aliphatic hydroxyl groups is 1. The zero-order valence-electron chi connectivity index (χ0n) is 11.2. The van der Waals surface area contributed by atoms with Gasteiger partial charge in [0.25, 0.3) is 0 Å². The summed E-state index contributed by atoms with van der Waals surface area (Å²) in [4.78, 5) is 0. The third-order valence-corrected chi connectivity index (χ3v) is 3.78. The van der Waals surface area contributed by atoms with E-state index in [4.69, 9.17) is 4.74 Å². The molecule has 2 aromatic rings. The Morgan fingerprint density at radius 3 is 2.74 bits per heavy atom. The predicted octanol–water partition coefficient (Wildman–Crippen LogP) is 1.42. The van der Waals surface area contributed by atoms with Gasteiger partial charge in [-0.3, -0.25) is 9.36 Å². The number of aliphatic hydroxyl groups excluding tert-OH is 1. The normalized spacial score (nSPS) is 12.9. The van der Waals surface area contributed by atoms with Gasteiger partial charge in [0.1, 0.15) is 6.10 Å². The van der Waals surface area contributed by atoms with Gasteiger partial charge in [-0.25, -0.2) is 0 Å². The first kappa shape index (κ1) is 14.2. The third kappa shape index (κ3) is 2.72. The van der Waals surface area contributed by atoms with E-state index >= 15 is 0 Å². The zero-order chi connectivity index (χ0) is 14.0. The number of ether oxygens (including phenoxy) is 1. The molecule has 0 fully saturated rings. The van der Waals surface area contributed by atoms with E-state index in [2.05, 4.69) is 26.1 Å². The lowest BCUT2D eigenvalue weighted by molar-refractivity contribution is 0.171. The standard InChI is InChI=1S/C12H17BrN4O2/c1-8-9(6-14-16(8)2)12(18)11-10(13)7-15-17(11)4-5-19-3/h6-7,12,18H,4-5H2,1-3H3. The molecule has 19 heavy (non-hydrogen) atoms. The largest absolute Gasteiger partial charge is 0.383 e. The van der Waals surface area contributed by atoms with E-state index in [9.17, 15) is 5.11 Å². The van der Waals surface area contributed by atoms with E-state index in [1.807, 2.05) is 14.0 Å². The molecule has 0 saturated carbocycles. The van der Waals surface area contributed by atoms with E-state index in [0.29, 0.717) is 18.8 Å². The first-order chi connectivity index (χ1) is 9.06. The average molecular weight is 329 g/mol. The molecule has 104 valence electrons. The first-order valence-corrected chi connectivity index (χ1v) is 6.72. The minimum atomic E-state index is -0.762. The van der Waals surface area contributed by atoms with E-state index in [1.165, 1.54) is 0 Å². The SMILES string of the molecule is COCCn1ncc(Br)c1C(O)c1cnn(C)c1C. The molecule has 2 aromatic heterocycles. The van der Waals surface area contributed by atoms with Crippen LogP contribution >= 0.6 is 15.9 Å². The molecule has 0 radical (unpaired) electrons. The van der Waals surface area contributed by atoms with Gasteiger partial charge >= 0.3 is 0 Å². The van der Waals surface area contributed by atoms with E-state index in [1.54, 1.807) is 28.9 Å². The molecule has 1 unspecified atom stereocenters. The molecule has 6 nitrogen and oxygen atoms in total. The Bertz CT molecular complexity index is 564. The number of halogens is 1. The first-order valence-electron chi connectivity index (χ1n) is 5.93. The molecular weight excluding hydrogens is 312 g/mol. The molecule has 0 aliphatic rings. The zero-order valence-corrected chi connectivity index (χ0v) is 12.8. The number of nitrogens with zero attached hydrogens (tertiary/aromatic N) is 4. The summed E-state index contributed by atoms with van der Waals surface area (Å²) >= 11 is 3.43. The molecule has 0 aliphatic carbocycles. The van der Waals surface area contributed by atoms with Crippen LogP contribution in [-0.4, -0.2) is 38.4 Å². The third-order valence-electron chi connectivity index (χ3n) is 3.17. The molecule has 1 N–H and O–H groups in total. The molecule has 2 rings (SSSR count). The Morgan fingerprint density at radius 2 is 2.16 bits per heavy atom. The molecule has 0 aromatic carbocycles. The molecule has 0 amide bonds. The minimum Gasteiger partial charge on any atom is -0.383 e. The summed E-state index contributed by atoms with van der Waals surface area (Å²) in [5.74, 6) is 0. The lowest BCUT2D eigenvalue weighted by Gasteiger charge is -2.14. The highest BCUT2D eigenvalue weighted by Gasteiger charge is 2.22. The summed E-state index contributed by atoms with van der Waals surface area (Å²) in [7, 11) is 3.49. The van der Waals surface area contributed by atoms with Gasteiger partial charge in [-0.05, 0) is 22.9 Å². The Labute approximate surface area is 120 Å². The fourth-order valence-electron chi connectivity index (χ4n) is 1.93. The van der Waals surface area contributed by atoms with Crippen LogP contribution in [0, 0.1) is 6.92 Å². The number of aromatic nitrogens is 4. The summed E-state index contributed by atoms with van der Waals surface area (Å²) in [5.41, 5.74) is 2.43. The second kappa shape index (κ2) is 5.85. The smallest absolute Gasteiger partial charge is 0.125 e. The predicted molar refractivity (Wildman–Crippen MR) is 73.8 cm³/mol. The number of rotatable bonds is 5. The Hall–Kier alpha value is -1.18. The van der Waals surface area contributed by atoms with Gasteiger partial charge < -0.3 is 9.84 Å². The maximum absolute atomic E-state index is 10.6. The fraction of sp³-hybridized carbons (Fsp3) is 0.500. The minimum absolute atomic E-state index is 0.542. The van der Waals surface area contributed by atoms with Crippen molar-refractivity contribution in [3.8, 4) is 0 Å². The van der Waals surface area contributed by atoms with Crippen LogP contribution in [0.5, 0.6) is 0 Å². The maximum atomic E-state index is 10.6. The number of aryl methyl sites for hydroxylation is 1. The molecule has 0 bridgehead atoms. The maximum Gasteiger partial charge on any atom is 0.125 e. The van der Waals surface area contributed by atoms with Crippen LogP contribution in [0.2, 0.25) is 0 Å². The van der Waals surface area contributed by atoms with Crippen molar-refractivity contribution in [1.29, 1.82) is 0 Å². The van der Waals surface area contributed by atoms with Crippen LogP contribution in [0.3, 0.4) is 0 Å². The van der Waals surface area contributed by atoms with Crippen molar-refractivity contribution in [2.24, 2.45) is 7.05 Å². The topological polar surface area (TPSA) is 65.1 Å². The van der Waals surface area contributed by atoms with E-state index in [-0.39, 0.29) is 0 Å². The van der Waals surface area contributed by atoms with Crippen LogP contribution in [0.1, 0.15) is 23.1 Å². The van der Waals surface area contributed by atoms with Crippen molar-refractivity contribution in [3.63, 3.8) is 0 Å². The van der Waals surface area contributed by atoms with Crippen LogP contribution < -0.4 is 0 Å². The van der Waals surface area contributed by atoms with E-state index < -0.39 is 6.10 Å². The van der Waals surface area contributed by atoms with Gasteiger partial charge in [-0.1, -0.05) is 0 Å². The quantitative estimate of drug-likeness (QED) is 0.901. The molecule has 0 spiro atoms. The van der Waals surface area contributed by atoms with Crippen molar-refractivity contribution in [2.75, 3.05) is 13.7 Å². The summed E-state index contributed by atoms with van der Waals surface area (Å²) in [6.45, 7) is 3.06. The molecule has 0 aliphatic heterocycles. The van der Waals surface area contributed by atoms with Gasteiger partial charge in [0.05, 0.1) is 35.7 Å². The van der Waals surface area contributed by atoms with Crippen molar-refractivity contribution < 1.29 is 9.84 Å². The number of hydrogen-bond acceptors (Lipinski definition) is 4. The highest BCUT2D eigenvalue weighted by atomic mass is 79.9. The fourth-order valence-corrected chi connectivity index (χ4v) is 2.44. The van der Waals surface area contributed by atoms with E-state index in [0.717, 1.165) is 15.7 Å². The van der Waals surface area contributed by atoms with Crippen LogP contribution in [0.25, 0.3) is 0 Å². The van der Waals surface area contributed by atoms with Gasteiger partial charge in [-0.2, -0.15) is 10.2 Å². The van der Waals surface area contributed by atoms with Gasteiger partial charge in [0.2, 0.25) is 0 Å². The Kier molecular flexibility index (Phi) is 4.38. The molecular formula is C12H17BrN4O2.